The van der Waals surface area contributed by atoms with E-state index in [9.17, 15) is 9.59 Å². The molecule has 46 heavy (non-hydrogen) atoms. The lowest BCUT2D eigenvalue weighted by atomic mass is 9.91. The van der Waals surface area contributed by atoms with Crippen LogP contribution < -0.4 is 19.5 Å². The summed E-state index contributed by atoms with van der Waals surface area (Å²) < 4.78 is 16.9. The highest BCUT2D eigenvalue weighted by molar-refractivity contribution is 6.07. The van der Waals surface area contributed by atoms with E-state index in [-0.39, 0.29) is 12.7 Å². The minimum Gasteiger partial charge on any atom is -0.494 e. The minimum absolute atomic E-state index is 0.144. The zero-order chi connectivity index (χ0) is 31.7. The summed E-state index contributed by atoms with van der Waals surface area (Å²) in [6.07, 6.45) is 4.11. The lowest BCUT2D eigenvalue weighted by Gasteiger charge is -2.22. The molecule has 3 amide bonds. The van der Waals surface area contributed by atoms with Gasteiger partial charge in [0, 0.05) is 18.1 Å². The fourth-order valence-electron chi connectivity index (χ4n) is 6.29. The van der Waals surface area contributed by atoms with Crippen molar-refractivity contribution in [2.45, 2.75) is 38.6 Å². The Kier molecular flexibility index (Phi) is 7.78. The number of amides is 3. The van der Waals surface area contributed by atoms with Gasteiger partial charge < -0.3 is 19.5 Å². The number of rotatable bonds is 10. The van der Waals surface area contributed by atoms with Crippen molar-refractivity contribution in [2.24, 2.45) is 0 Å². The number of imide groups is 1. The Balaban J connectivity index is 0.984. The normalized spacial score (nSPS) is 17.0. The Bertz CT molecular complexity index is 1930. The summed E-state index contributed by atoms with van der Waals surface area (Å²) in [4.78, 5) is 32.2. The van der Waals surface area contributed by atoms with Gasteiger partial charge in [0.1, 0.15) is 11.3 Å². The molecule has 0 aliphatic carbocycles. The summed E-state index contributed by atoms with van der Waals surface area (Å²) >= 11 is 0. The van der Waals surface area contributed by atoms with Gasteiger partial charge in [-0.3, -0.25) is 14.7 Å². The van der Waals surface area contributed by atoms with E-state index in [0.29, 0.717) is 43.1 Å². The standard InChI is InChI=1S/C38H35N3O5/c1-25-9-8-12-31-34(28(23-39-35(25)31)21-26-10-4-3-5-11-26)27-13-16-30(17-14-27)44-20-7-6-19-41-36(42)38(2,40-37(41)43)29-15-18-32-33(22-29)46-24-45-32/h3-5,8-18,22-23H,6-7,19-21,24H2,1-2H3,(H,40,43). The second-order valence-corrected chi connectivity index (χ2v) is 12.0. The number of urea groups is 1. The molecule has 4 aromatic carbocycles. The zero-order valence-electron chi connectivity index (χ0n) is 25.9. The Labute approximate surface area is 267 Å². The van der Waals surface area contributed by atoms with Gasteiger partial charge in [0.05, 0.1) is 12.1 Å². The third kappa shape index (κ3) is 5.51. The van der Waals surface area contributed by atoms with Gasteiger partial charge in [0.25, 0.3) is 5.91 Å². The van der Waals surface area contributed by atoms with E-state index < -0.39 is 11.6 Å². The molecule has 2 aliphatic rings. The van der Waals surface area contributed by atoms with Gasteiger partial charge in [0.15, 0.2) is 11.5 Å². The number of nitrogens with zero attached hydrogens (tertiary/aromatic N) is 2. The third-order valence-electron chi connectivity index (χ3n) is 8.83. The predicted molar refractivity (Wildman–Crippen MR) is 176 cm³/mol. The van der Waals surface area contributed by atoms with Crippen LogP contribution in [0.15, 0.2) is 97.2 Å². The quantitative estimate of drug-likeness (QED) is 0.133. The van der Waals surface area contributed by atoms with Crippen molar-refractivity contribution >= 4 is 22.8 Å². The van der Waals surface area contributed by atoms with Crippen LogP contribution in [0.4, 0.5) is 4.79 Å². The molecular weight excluding hydrogens is 578 g/mol. The van der Waals surface area contributed by atoms with Gasteiger partial charge in [-0.2, -0.15) is 0 Å². The number of aromatic nitrogens is 1. The molecule has 1 N–H and O–H groups in total. The summed E-state index contributed by atoms with van der Waals surface area (Å²) in [5.41, 5.74) is 6.37. The SMILES string of the molecule is Cc1cccc2c(-c3ccc(OCCCCN4C(=O)NC(C)(c5ccc6c(c5)OCO6)C4=O)cc3)c(Cc3ccccc3)cnc12. The van der Waals surface area contributed by atoms with Crippen molar-refractivity contribution in [3.8, 4) is 28.4 Å². The summed E-state index contributed by atoms with van der Waals surface area (Å²) in [7, 11) is 0. The molecule has 2 aliphatic heterocycles. The number of benzene rings is 4. The van der Waals surface area contributed by atoms with Crippen LogP contribution in [0.5, 0.6) is 17.2 Å². The van der Waals surface area contributed by atoms with E-state index >= 15 is 0 Å². The number of carbonyl (C=O) groups excluding carboxylic acids is 2. The first-order valence-electron chi connectivity index (χ1n) is 15.6. The van der Waals surface area contributed by atoms with Crippen LogP contribution in [0.25, 0.3) is 22.0 Å². The van der Waals surface area contributed by atoms with Crippen molar-refractivity contribution in [3.05, 3.63) is 119 Å². The van der Waals surface area contributed by atoms with E-state index in [1.807, 2.05) is 24.4 Å². The van der Waals surface area contributed by atoms with Crippen LogP contribution in [0, 0.1) is 6.92 Å². The summed E-state index contributed by atoms with van der Waals surface area (Å²) in [6, 6.07) is 29.9. The van der Waals surface area contributed by atoms with Crippen LogP contribution >= 0.6 is 0 Å². The van der Waals surface area contributed by atoms with E-state index in [4.69, 9.17) is 19.2 Å². The molecule has 7 rings (SSSR count). The van der Waals surface area contributed by atoms with Gasteiger partial charge in [-0.15, -0.1) is 0 Å². The molecule has 8 nitrogen and oxygen atoms in total. The fourth-order valence-corrected chi connectivity index (χ4v) is 6.29. The maximum Gasteiger partial charge on any atom is 0.325 e. The first-order chi connectivity index (χ1) is 22.4. The average molecular weight is 614 g/mol. The summed E-state index contributed by atoms with van der Waals surface area (Å²) in [5, 5.41) is 4.00. The summed E-state index contributed by atoms with van der Waals surface area (Å²) in [6.45, 7) is 4.74. The molecule has 1 fully saturated rings. The van der Waals surface area contributed by atoms with E-state index in [2.05, 4.69) is 66.8 Å². The van der Waals surface area contributed by atoms with Crippen molar-refractivity contribution in [3.63, 3.8) is 0 Å². The number of para-hydroxylation sites is 1. The number of nitrogens with one attached hydrogen (secondary N) is 1. The number of unbranched alkanes of at least 4 members (excludes halogenated alkanes) is 1. The van der Waals surface area contributed by atoms with Gasteiger partial charge in [-0.05, 0) is 90.8 Å². The largest absolute Gasteiger partial charge is 0.494 e. The molecule has 0 bridgehead atoms. The number of hydrogen-bond donors (Lipinski definition) is 1. The number of pyridine rings is 1. The molecule has 1 aromatic heterocycles. The highest BCUT2D eigenvalue weighted by atomic mass is 16.7. The lowest BCUT2D eigenvalue weighted by molar-refractivity contribution is -0.131. The van der Waals surface area contributed by atoms with E-state index in [1.165, 1.54) is 21.6 Å². The van der Waals surface area contributed by atoms with E-state index in [0.717, 1.165) is 34.2 Å². The molecule has 0 radical (unpaired) electrons. The molecule has 0 saturated carbocycles. The highest BCUT2D eigenvalue weighted by Gasteiger charge is 2.49. The van der Waals surface area contributed by atoms with Crippen molar-refractivity contribution in [1.29, 1.82) is 0 Å². The van der Waals surface area contributed by atoms with Crippen LogP contribution in [-0.4, -0.2) is 41.8 Å². The molecule has 1 unspecified atom stereocenters. The fraction of sp³-hybridized carbons (Fsp3) is 0.237. The smallest absolute Gasteiger partial charge is 0.325 e. The topological polar surface area (TPSA) is 90.0 Å². The van der Waals surface area contributed by atoms with Crippen LogP contribution in [0.1, 0.15) is 42.0 Å². The Hall–Kier alpha value is -5.37. The van der Waals surface area contributed by atoms with Gasteiger partial charge in [0.2, 0.25) is 6.79 Å². The number of aryl methyl sites for hydroxylation is 1. The third-order valence-corrected chi connectivity index (χ3v) is 8.83. The maximum absolute atomic E-state index is 13.3. The van der Waals surface area contributed by atoms with Crippen LogP contribution in [0.3, 0.4) is 0 Å². The Morgan fingerprint density at radius 1 is 0.913 bits per heavy atom. The maximum atomic E-state index is 13.3. The van der Waals surface area contributed by atoms with Crippen LogP contribution in [-0.2, 0) is 16.8 Å². The van der Waals surface area contributed by atoms with Gasteiger partial charge >= 0.3 is 6.03 Å². The summed E-state index contributed by atoms with van der Waals surface area (Å²) in [5.74, 6) is 1.69. The number of hydrogen-bond acceptors (Lipinski definition) is 6. The lowest BCUT2D eigenvalue weighted by Crippen LogP contribution is -2.41. The zero-order valence-corrected chi connectivity index (χ0v) is 25.9. The molecule has 1 saturated heterocycles. The molecule has 232 valence electrons. The van der Waals surface area contributed by atoms with Gasteiger partial charge in [-0.25, -0.2) is 4.79 Å². The number of carbonyl (C=O) groups is 2. The van der Waals surface area contributed by atoms with Crippen molar-refractivity contribution < 1.29 is 23.8 Å². The second-order valence-electron chi connectivity index (χ2n) is 12.0. The second kappa shape index (κ2) is 12.2. The number of fused-ring (bicyclic) bond motifs is 2. The minimum atomic E-state index is -1.16. The predicted octanol–water partition coefficient (Wildman–Crippen LogP) is 7.16. The Morgan fingerprint density at radius 3 is 2.54 bits per heavy atom. The van der Waals surface area contributed by atoms with Crippen molar-refractivity contribution in [2.75, 3.05) is 19.9 Å². The van der Waals surface area contributed by atoms with E-state index in [1.54, 1.807) is 25.1 Å². The molecule has 3 heterocycles. The monoisotopic (exact) mass is 613 g/mol. The highest BCUT2D eigenvalue weighted by Crippen LogP contribution is 2.38. The number of ether oxygens (including phenoxy) is 3. The molecular formula is C38H35N3O5. The first-order valence-corrected chi connectivity index (χ1v) is 15.6. The molecule has 8 heteroatoms. The Morgan fingerprint density at radius 2 is 1.72 bits per heavy atom. The first kappa shape index (κ1) is 29.3. The molecule has 1 atom stereocenters. The van der Waals surface area contributed by atoms with Crippen molar-refractivity contribution in [1.82, 2.24) is 15.2 Å². The molecule has 0 spiro atoms. The van der Waals surface area contributed by atoms with Gasteiger partial charge in [-0.1, -0.05) is 66.7 Å². The molecule has 5 aromatic rings. The average Bonchev–Trinajstić information content (AvgIpc) is 3.63. The van der Waals surface area contributed by atoms with Crippen LogP contribution in [0.2, 0.25) is 0 Å².